The zero-order valence-electron chi connectivity index (χ0n) is 20.0. The van der Waals surface area contributed by atoms with Gasteiger partial charge in [0, 0.05) is 55.2 Å². The number of piperazine rings is 1. The van der Waals surface area contributed by atoms with Crippen molar-refractivity contribution >= 4 is 40.2 Å². The number of rotatable bonds is 5. The molecule has 0 spiro atoms. The number of esters is 1. The minimum absolute atomic E-state index is 0.0119. The molecule has 2 aromatic carbocycles. The molecule has 1 aromatic heterocycles. The molecule has 2 atom stereocenters. The van der Waals surface area contributed by atoms with Gasteiger partial charge in [-0.15, -0.1) is 0 Å². The second kappa shape index (κ2) is 10.4. The van der Waals surface area contributed by atoms with E-state index in [1.54, 1.807) is 31.2 Å². The predicted molar refractivity (Wildman–Crippen MR) is 136 cm³/mol. The average Bonchev–Trinajstić information content (AvgIpc) is 3.29. The number of carbonyl (C=O) groups excluding carboxylic acids is 2. The predicted octanol–water partition coefficient (Wildman–Crippen LogP) is 2.47. The largest absolute Gasteiger partial charge is 0.460 e. The van der Waals surface area contributed by atoms with Crippen LogP contribution < -0.4 is 4.90 Å². The zero-order valence-corrected chi connectivity index (χ0v) is 20.8. The first-order valence-electron chi connectivity index (χ1n) is 12.1. The van der Waals surface area contributed by atoms with Crippen LogP contribution in [0.4, 0.5) is 5.82 Å². The number of benzene rings is 2. The Bertz CT molecular complexity index is 1260. The van der Waals surface area contributed by atoms with E-state index in [1.807, 2.05) is 34.1 Å². The molecule has 3 aromatic rings. The van der Waals surface area contributed by atoms with Crippen LogP contribution >= 0.6 is 11.6 Å². The van der Waals surface area contributed by atoms with Gasteiger partial charge in [-0.05, 0) is 43.3 Å². The van der Waals surface area contributed by atoms with E-state index in [-0.39, 0.29) is 24.4 Å². The third-order valence-corrected chi connectivity index (χ3v) is 7.01. The van der Waals surface area contributed by atoms with Gasteiger partial charge < -0.3 is 19.6 Å². The summed E-state index contributed by atoms with van der Waals surface area (Å²) in [4.78, 5) is 40.2. The molecule has 1 N–H and O–H groups in total. The topological polar surface area (TPSA) is 99.1 Å². The molecule has 36 heavy (non-hydrogen) atoms. The van der Waals surface area contributed by atoms with E-state index in [4.69, 9.17) is 16.3 Å². The molecule has 0 bridgehead atoms. The lowest BCUT2D eigenvalue weighted by Gasteiger charge is -2.38. The van der Waals surface area contributed by atoms with Crippen molar-refractivity contribution in [1.29, 1.82) is 0 Å². The Morgan fingerprint density at radius 1 is 1.03 bits per heavy atom. The van der Waals surface area contributed by atoms with Gasteiger partial charge >= 0.3 is 5.97 Å². The van der Waals surface area contributed by atoms with Crippen LogP contribution in [0.25, 0.3) is 10.9 Å². The number of aliphatic hydroxyl groups is 1. The van der Waals surface area contributed by atoms with Crippen molar-refractivity contribution in [3.8, 4) is 0 Å². The Morgan fingerprint density at radius 2 is 1.75 bits per heavy atom. The van der Waals surface area contributed by atoms with E-state index in [2.05, 4.69) is 14.9 Å². The fourth-order valence-corrected chi connectivity index (χ4v) is 5.05. The highest BCUT2D eigenvalue weighted by molar-refractivity contribution is 6.30. The molecular weight excluding hydrogens is 482 g/mol. The van der Waals surface area contributed by atoms with Crippen LogP contribution in [0.3, 0.4) is 0 Å². The number of nitrogens with zero attached hydrogens (tertiary/aromatic N) is 5. The number of ether oxygens (including phenoxy) is 1. The normalized spacial score (nSPS) is 20.6. The minimum Gasteiger partial charge on any atom is -0.460 e. The van der Waals surface area contributed by atoms with Crippen LogP contribution in [-0.2, 0) is 4.74 Å². The van der Waals surface area contributed by atoms with Crippen molar-refractivity contribution in [2.45, 2.75) is 19.1 Å². The number of anilines is 1. The highest BCUT2D eigenvalue weighted by Crippen LogP contribution is 2.29. The molecule has 2 aliphatic heterocycles. The number of hydrogen-bond donors (Lipinski definition) is 1. The smallest absolute Gasteiger partial charge is 0.376 e. The summed E-state index contributed by atoms with van der Waals surface area (Å²) in [6, 6.07) is 14.3. The van der Waals surface area contributed by atoms with E-state index in [0.717, 1.165) is 5.39 Å². The van der Waals surface area contributed by atoms with Crippen molar-refractivity contribution in [2.75, 3.05) is 50.8 Å². The van der Waals surface area contributed by atoms with Gasteiger partial charge in [0.05, 0.1) is 24.3 Å². The first-order valence-corrected chi connectivity index (χ1v) is 12.5. The summed E-state index contributed by atoms with van der Waals surface area (Å²) in [5.74, 6) is 0.0423. The third-order valence-electron chi connectivity index (χ3n) is 6.76. The summed E-state index contributed by atoms with van der Waals surface area (Å²) in [6.07, 6.45) is -0.594. The van der Waals surface area contributed by atoms with Crippen LogP contribution in [0.15, 0.2) is 48.5 Å². The molecular formula is C26H28ClN5O4. The fraction of sp³-hybridized carbons (Fsp3) is 0.385. The molecule has 0 radical (unpaired) electrons. The Labute approximate surface area is 214 Å². The van der Waals surface area contributed by atoms with Crippen molar-refractivity contribution < 1.29 is 19.4 Å². The third kappa shape index (κ3) is 4.86. The quantitative estimate of drug-likeness (QED) is 0.524. The van der Waals surface area contributed by atoms with Crippen molar-refractivity contribution in [1.82, 2.24) is 19.8 Å². The number of para-hydroxylation sites is 1. The highest BCUT2D eigenvalue weighted by Gasteiger charge is 2.38. The Kier molecular flexibility index (Phi) is 7.04. The summed E-state index contributed by atoms with van der Waals surface area (Å²) in [5.41, 5.74) is 1.27. The average molecular weight is 510 g/mol. The number of aliphatic hydroxyl groups excluding tert-OH is 1. The Hall–Kier alpha value is -3.27. The first-order chi connectivity index (χ1) is 17.4. The number of amides is 1. The van der Waals surface area contributed by atoms with Crippen molar-refractivity contribution in [3.05, 3.63) is 64.9 Å². The lowest BCUT2D eigenvalue weighted by atomic mass is 10.1. The van der Waals surface area contributed by atoms with Crippen molar-refractivity contribution in [2.24, 2.45) is 0 Å². The van der Waals surface area contributed by atoms with Gasteiger partial charge in [0.1, 0.15) is 5.82 Å². The lowest BCUT2D eigenvalue weighted by Crippen LogP contribution is -2.54. The van der Waals surface area contributed by atoms with Gasteiger partial charge in [0.25, 0.3) is 5.91 Å². The number of β-amino-alcohol motifs (C(OH)–C–C–N with tert-alkyl or cyclic N) is 1. The van der Waals surface area contributed by atoms with Crippen LogP contribution in [0.5, 0.6) is 0 Å². The Balaban J connectivity index is 1.30. The molecule has 9 nitrogen and oxygen atoms in total. The van der Waals surface area contributed by atoms with Crippen LogP contribution in [0.1, 0.15) is 27.9 Å². The van der Waals surface area contributed by atoms with Gasteiger partial charge in [-0.1, -0.05) is 23.7 Å². The van der Waals surface area contributed by atoms with Gasteiger partial charge in [0.2, 0.25) is 5.82 Å². The van der Waals surface area contributed by atoms with Gasteiger partial charge in [-0.2, -0.15) is 0 Å². The van der Waals surface area contributed by atoms with Gasteiger partial charge in [0.15, 0.2) is 0 Å². The van der Waals surface area contributed by atoms with E-state index in [1.165, 1.54) is 0 Å². The van der Waals surface area contributed by atoms with Crippen LogP contribution in [0, 0.1) is 0 Å². The number of aromatic nitrogens is 2. The molecule has 0 saturated carbocycles. The maximum Gasteiger partial charge on any atom is 0.376 e. The standard InChI is InChI=1S/C26H28ClN5O4/c1-2-36-26(35)23-28-20-6-4-3-5-19(20)24(29-23)32-15-21(22(33)16-32)30-11-13-31(14-12-30)25(34)17-7-9-18(27)10-8-17/h3-10,21-22,33H,2,11-16H2,1H3/t21-,22-/m1/s1. The number of halogens is 1. The maximum absolute atomic E-state index is 12.9. The summed E-state index contributed by atoms with van der Waals surface area (Å²) < 4.78 is 5.12. The second-order valence-corrected chi connectivity index (χ2v) is 9.42. The van der Waals surface area contributed by atoms with Gasteiger partial charge in [-0.25, -0.2) is 14.8 Å². The molecule has 5 rings (SSSR count). The molecule has 2 saturated heterocycles. The summed E-state index contributed by atoms with van der Waals surface area (Å²) in [6.45, 7) is 5.39. The minimum atomic E-state index is -0.594. The van der Waals surface area contributed by atoms with E-state index in [0.29, 0.717) is 61.2 Å². The molecule has 0 unspecified atom stereocenters. The van der Waals surface area contributed by atoms with Crippen molar-refractivity contribution in [3.63, 3.8) is 0 Å². The lowest BCUT2D eigenvalue weighted by molar-refractivity contribution is 0.0376. The van der Waals surface area contributed by atoms with E-state index >= 15 is 0 Å². The van der Waals surface area contributed by atoms with E-state index < -0.39 is 12.1 Å². The molecule has 2 fully saturated rings. The highest BCUT2D eigenvalue weighted by atomic mass is 35.5. The monoisotopic (exact) mass is 509 g/mol. The zero-order chi connectivity index (χ0) is 25.2. The second-order valence-electron chi connectivity index (χ2n) is 8.98. The van der Waals surface area contributed by atoms with Crippen LogP contribution in [-0.4, -0.2) is 94.8 Å². The molecule has 10 heteroatoms. The number of hydrogen-bond acceptors (Lipinski definition) is 8. The van der Waals surface area contributed by atoms with Gasteiger partial charge in [-0.3, -0.25) is 9.69 Å². The number of carbonyl (C=O) groups is 2. The first kappa shape index (κ1) is 24.4. The molecule has 0 aliphatic carbocycles. The maximum atomic E-state index is 12.9. The summed E-state index contributed by atoms with van der Waals surface area (Å²) >= 11 is 5.94. The Morgan fingerprint density at radius 3 is 2.47 bits per heavy atom. The molecule has 2 aliphatic rings. The summed E-state index contributed by atoms with van der Waals surface area (Å²) in [5, 5.41) is 12.4. The van der Waals surface area contributed by atoms with E-state index in [9.17, 15) is 14.7 Å². The van der Waals surface area contributed by atoms with Crippen LogP contribution in [0.2, 0.25) is 5.02 Å². The molecule has 3 heterocycles. The SMILES string of the molecule is CCOC(=O)c1nc(N2C[C@@H](O)[C@H](N3CCN(C(=O)c4ccc(Cl)cc4)CC3)C2)c2ccccc2n1. The molecule has 188 valence electrons. The molecule has 1 amide bonds. The fourth-order valence-electron chi connectivity index (χ4n) is 4.92. The summed E-state index contributed by atoms with van der Waals surface area (Å²) in [7, 11) is 0. The number of fused-ring (bicyclic) bond motifs is 1.